The van der Waals surface area contributed by atoms with Gasteiger partial charge in [0.2, 0.25) is 0 Å². The number of hydrogen-bond donors (Lipinski definition) is 1. The third-order valence-electron chi connectivity index (χ3n) is 2.35. The molecule has 0 bridgehead atoms. The standard InChI is InChI=1S/C13H18F3NOS/c1-10(17)11-4-2-5-12(8-11)19-7-3-6-18-9-13(14,15)16/h2,4-5,8,10H,3,6-7,9,17H2,1H3. The summed E-state index contributed by atoms with van der Waals surface area (Å²) in [5, 5.41) is 0. The molecule has 2 N–H and O–H groups in total. The second-order valence-electron chi connectivity index (χ2n) is 4.23. The smallest absolute Gasteiger partial charge is 0.372 e. The van der Waals surface area contributed by atoms with Gasteiger partial charge in [-0.15, -0.1) is 11.8 Å². The van der Waals surface area contributed by atoms with E-state index in [1.165, 1.54) is 0 Å². The van der Waals surface area contributed by atoms with Gasteiger partial charge in [0, 0.05) is 23.3 Å². The summed E-state index contributed by atoms with van der Waals surface area (Å²) >= 11 is 1.59. The van der Waals surface area contributed by atoms with Crippen LogP contribution in [-0.4, -0.2) is 25.1 Å². The number of alkyl halides is 3. The lowest BCUT2D eigenvalue weighted by molar-refractivity contribution is -0.173. The number of hydrogen-bond acceptors (Lipinski definition) is 3. The fourth-order valence-corrected chi connectivity index (χ4v) is 2.32. The summed E-state index contributed by atoms with van der Waals surface area (Å²) in [6.45, 7) is 0.867. The molecule has 108 valence electrons. The summed E-state index contributed by atoms with van der Waals surface area (Å²) in [5.74, 6) is 0.722. The van der Waals surface area contributed by atoms with Gasteiger partial charge in [-0.2, -0.15) is 13.2 Å². The van der Waals surface area contributed by atoms with Crippen molar-refractivity contribution in [2.24, 2.45) is 5.73 Å². The summed E-state index contributed by atoms with van der Waals surface area (Å²) in [4.78, 5) is 1.07. The average molecular weight is 293 g/mol. The predicted octanol–water partition coefficient (Wildman–Crippen LogP) is 3.77. The van der Waals surface area contributed by atoms with Gasteiger partial charge in [-0.05, 0) is 31.0 Å². The van der Waals surface area contributed by atoms with E-state index in [9.17, 15) is 13.2 Å². The van der Waals surface area contributed by atoms with Crippen molar-refractivity contribution in [3.8, 4) is 0 Å². The van der Waals surface area contributed by atoms with E-state index in [0.29, 0.717) is 6.42 Å². The zero-order valence-corrected chi connectivity index (χ0v) is 11.6. The summed E-state index contributed by atoms with van der Waals surface area (Å²) in [7, 11) is 0. The molecule has 0 fully saturated rings. The van der Waals surface area contributed by atoms with E-state index in [1.54, 1.807) is 11.8 Å². The van der Waals surface area contributed by atoms with Gasteiger partial charge in [-0.25, -0.2) is 0 Å². The van der Waals surface area contributed by atoms with Crippen LogP contribution in [0.5, 0.6) is 0 Å². The SMILES string of the molecule is CC(N)c1cccc(SCCCOCC(F)(F)F)c1. The normalized spacial score (nSPS) is 13.5. The third-order valence-corrected chi connectivity index (χ3v) is 3.43. The highest BCUT2D eigenvalue weighted by molar-refractivity contribution is 7.99. The Balaban J connectivity index is 2.21. The third kappa shape index (κ3) is 7.44. The Morgan fingerprint density at radius 2 is 2.11 bits per heavy atom. The molecule has 0 radical (unpaired) electrons. The Morgan fingerprint density at radius 1 is 1.37 bits per heavy atom. The van der Waals surface area contributed by atoms with Crippen molar-refractivity contribution < 1.29 is 17.9 Å². The van der Waals surface area contributed by atoms with E-state index >= 15 is 0 Å². The lowest BCUT2D eigenvalue weighted by Gasteiger charge is -2.09. The van der Waals surface area contributed by atoms with Crippen LogP contribution in [0.4, 0.5) is 13.2 Å². The fraction of sp³-hybridized carbons (Fsp3) is 0.538. The van der Waals surface area contributed by atoms with Crippen molar-refractivity contribution in [3.63, 3.8) is 0 Å². The number of rotatable bonds is 7. The Labute approximate surface area is 115 Å². The molecule has 2 nitrogen and oxygen atoms in total. The number of halogens is 3. The maximum Gasteiger partial charge on any atom is 0.411 e. The molecular formula is C13H18F3NOS. The van der Waals surface area contributed by atoms with Crippen LogP contribution in [0, 0.1) is 0 Å². The Kier molecular flexibility index (Phi) is 6.68. The molecule has 0 saturated carbocycles. The molecule has 1 aromatic rings. The van der Waals surface area contributed by atoms with Crippen molar-refractivity contribution in [3.05, 3.63) is 29.8 Å². The molecule has 1 unspecified atom stereocenters. The van der Waals surface area contributed by atoms with Crippen molar-refractivity contribution >= 4 is 11.8 Å². The number of nitrogens with two attached hydrogens (primary N) is 1. The van der Waals surface area contributed by atoms with Gasteiger partial charge in [0.1, 0.15) is 6.61 Å². The largest absolute Gasteiger partial charge is 0.411 e. The van der Waals surface area contributed by atoms with Gasteiger partial charge in [-0.3, -0.25) is 0 Å². The van der Waals surface area contributed by atoms with E-state index in [0.717, 1.165) is 16.2 Å². The van der Waals surface area contributed by atoms with Crippen LogP contribution in [-0.2, 0) is 4.74 Å². The molecule has 0 amide bonds. The molecule has 6 heteroatoms. The van der Waals surface area contributed by atoms with E-state index in [2.05, 4.69) is 4.74 Å². The number of thioether (sulfide) groups is 1. The van der Waals surface area contributed by atoms with Gasteiger partial charge in [-0.1, -0.05) is 12.1 Å². The lowest BCUT2D eigenvalue weighted by atomic mass is 10.1. The molecule has 0 aliphatic heterocycles. The lowest BCUT2D eigenvalue weighted by Crippen LogP contribution is -2.17. The van der Waals surface area contributed by atoms with Crippen molar-refractivity contribution in [2.75, 3.05) is 19.0 Å². The van der Waals surface area contributed by atoms with Crippen LogP contribution >= 0.6 is 11.8 Å². The van der Waals surface area contributed by atoms with Crippen molar-refractivity contribution in [2.45, 2.75) is 30.5 Å². The first kappa shape index (κ1) is 16.3. The highest BCUT2D eigenvalue weighted by atomic mass is 32.2. The van der Waals surface area contributed by atoms with Crippen molar-refractivity contribution in [1.29, 1.82) is 0 Å². The van der Waals surface area contributed by atoms with Gasteiger partial charge >= 0.3 is 6.18 Å². The van der Waals surface area contributed by atoms with Crippen LogP contribution in [0.1, 0.15) is 24.9 Å². The van der Waals surface area contributed by atoms with Gasteiger partial charge in [0.25, 0.3) is 0 Å². The summed E-state index contributed by atoms with van der Waals surface area (Å²) in [5.41, 5.74) is 6.84. The van der Waals surface area contributed by atoms with E-state index in [1.807, 2.05) is 31.2 Å². The second-order valence-corrected chi connectivity index (χ2v) is 5.40. The van der Waals surface area contributed by atoms with E-state index in [-0.39, 0.29) is 12.6 Å². The van der Waals surface area contributed by atoms with Gasteiger partial charge < -0.3 is 10.5 Å². The van der Waals surface area contributed by atoms with E-state index < -0.39 is 12.8 Å². The predicted molar refractivity (Wildman–Crippen MR) is 71.3 cm³/mol. The zero-order chi connectivity index (χ0) is 14.3. The molecule has 0 heterocycles. The van der Waals surface area contributed by atoms with Gasteiger partial charge in [0.15, 0.2) is 0 Å². The number of benzene rings is 1. The molecule has 0 aliphatic rings. The minimum Gasteiger partial charge on any atom is -0.372 e. The van der Waals surface area contributed by atoms with Crippen LogP contribution in [0.25, 0.3) is 0 Å². The zero-order valence-electron chi connectivity index (χ0n) is 10.7. The first-order chi connectivity index (χ1) is 8.88. The Hall–Kier alpha value is -0.720. The summed E-state index contributed by atoms with van der Waals surface area (Å²) in [6.07, 6.45) is -3.65. The molecule has 0 saturated heterocycles. The fourth-order valence-electron chi connectivity index (χ4n) is 1.43. The minimum absolute atomic E-state index is 0.0179. The van der Waals surface area contributed by atoms with Crippen molar-refractivity contribution in [1.82, 2.24) is 0 Å². The second kappa shape index (κ2) is 7.77. The summed E-state index contributed by atoms with van der Waals surface area (Å²) in [6, 6.07) is 7.84. The summed E-state index contributed by atoms with van der Waals surface area (Å²) < 4.78 is 40.0. The van der Waals surface area contributed by atoms with E-state index in [4.69, 9.17) is 5.73 Å². The van der Waals surface area contributed by atoms with Crippen LogP contribution in [0.3, 0.4) is 0 Å². The van der Waals surface area contributed by atoms with Gasteiger partial charge in [0.05, 0.1) is 0 Å². The average Bonchev–Trinajstić information content (AvgIpc) is 2.32. The van der Waals surface area contributed by atoms with Crippen LogP contribution in [0.2, 0.25) is 0 Å². The number of ether oxygens (including phenoxy) is 1. The molecule has 0 aromatic heterocycles. The monoisotopic (exact) mass is 293 g/mol. The quantitative estimate of drug-likeness (QED) is 0.614. The molecule has 0 aliphatic carbocycles. The molecule has 0 spiro atoms. The molecule has 19 heavy (non-hydrogen) atoms. The first-order valence-corrected chi connectivity index (χ1v) is 7.00. The highest BCUT2D eigenvalue weighted by Crippen LogP contribution is 2.22. The highest BCUT2D eigenvalue weighted by Gasteiger charge is 2.27. The Bertz CT molecular complexity index is 382. The van der Waals surface area contributed by atoms with Crippen LogP contribution in [0.15, 0.2) is 29.2 Å². The van der Waals surface area contributed by atoms with Crippen LogP contribution < -0.4 is 5.73 Å². The molecule has 1 atom stereocenters. The maximum absolute atomic E-state index is 11.8. The first-order valence-electron chi connectivity index (χ1n) is 6.01. The molecule has 1 aromatic carbocycles. The minimum atomic E-state index is -4.24. The maximum atomic E-state index is 11.8. The topological polar surface area (TPSA) is 35.2 Å². The molecular weight excluding hydrogens is 275 g/mol. The molecule has 1 rings (SSSR count). The Morgan fingerprint density at radius 3 is 2.74 bits per heavy atom.